The molecule has 0 radical (unpaired) electrons. The van der Waals surface area contributed by atoms with Crippen LogP contribution in [0, 0.1) is 0 Å². The molecule has 0 atom stereocenters. The first-order valence-electron chi connectivity index (χ1n) is 8.78. The van der Waals surface area contributed by atoms with Crippen LogP contribution in [0.4, 0.5) is 5.69 Å². The first-order chi connectivity index (χ1) is 13.7. The van der Waals surface area contributed by atoms with E-state index in [9.17, 15) is 4.79 Å². The zero-order chi connectivity index (χ0) is 19.6. The number of nitrogens with zero attached hydrogens (tertiary/aromatic N) is 1. The summed E-state index contributed by atoms with van der Waals surface area (Å²) in [5, 5.41) is 7.49. The fourth-order valence-corrected chi connectivity index (χ4v) is 2.59. The summed E-state index contributed by atoms with van der Waals surface area (Å²) in [6, 6.07) is 24.7. The van der Waals surface area contributed by atoms with Gasteiger partial charge in [0.1, 0.15) is 12.4 Å². The highest BCUT2D eigenvalue weighted by Gasteiger charge is 2.02. The lowest BCUT2D eigenvalue weighted by molar-refractivity contribution is -0.119. The second-order valence-electron chi connectivity index (χ2n) is 5.97. The van der Waals surface area contributed by atoms with E-state index < -0.39 is 0 Å². The molecule has 0 bridgehead atoms. The van der Waals surface area contributed by atoms with Crippen molar-refractivity contribution in [2.24, 2.45) is 5.10 Å². The number of hydrazone groups is 1. The highest BCUT2D eigenvalue weighted by atomic mass is 35.5. The molecule has 0 spiro atoms. The normalized spacial score (nSPS) is 10.6. The van der Waals surface area contributed by atoms with Gasteiger partial charge in [0.2, 0.25) is 0 Å². The molecule has 2 N–H and O–H groups in total. The van der Waals surface area contributed by atoms with Gasteiger partial charge in [0, 0.05) is 0 Å². The van der Waals surface area contributed by atoms with Crippen LogP contribution in [-0.2, 0) is 11.4 Å². The number of para-hydroxylation sites is 1. The van der Waals surface area contributed by atoms with E-state index in [4.69, 9.17) is 16.3 Å². The first kappa shape index (κ1) is 19.5. The molecule has 3 rings (SSSR count). The van der Waals surface area contributed by atoms with E-state index in [0.29, 0.717) is 17.3 Å². The van der Waals surface area contributed by atoms with Crippen LogP contribution in [0.5, 0.6) is 5.75 Å². The van der Waals surface area contributed by atoms with Gasteiger partial charge in [0.05, 0.1) is 23.5 Å². The van der Waals surface area contributed by atoms with Gasteiger partial charge in [-0.05, 0) is 47.5 Å². The van der Waals surface area contributed by atoms with E-state index in [1.807, 2.05) is 66.7 Å². The third-order valence-corrected chi connectivity index (χ3v) is 4.17. The number of halogens is 1. The van der Waals surface area contributed by atoms with Gasteiger partial charge < -0.3 is 10.1 Å². The Morgan fingerprint density at radius 2 is 1.68 bits per heavy atom. The average Bonchev–Trinajstić information content (AvgIpc) is 2.73. The summed E-state index contributed by atoms with van der Waals surface area (Å²) < 4.78 is 5.74. The second kappa shape index (κ2) is 10.1. The molecule has 3 aromatic rings. The lowest BCUT2D eigenvalue weighted by atomic mass is 10.2. The summed E-state index contributed by atoms with van der Waals surface area (Å²) in [7, 11) is 0. The van der Waals surface area contributed by atoms with Crippen molar-refractivity contribution in [1.82, 2.24) is 5.43 Å². The van der Waals surface area contributed by atoms with Gasteiger partial charge in [-0.2, -0.15) is 5.10 Å². The van der Waals surface area contributed by atoms with E-state index in [0.717, 1.165) is 16.9 Å². The maximum atomic E-state index is 11.8. The quantitative estimate of drug-likeness (QED) is 0.438. The number of hydrogen-bond donors (Lipinski definition) is 2. The van der Waals surface area contributed by atoms with Crippen LogP contribution in [0.15, 0.2) is 84.0 Å². The molecule has 142 valence electrons. The molecule has 0 aliphatic carbocycles. The van der Waals surface area contributed by atoms with E-state index in [2.05, 4.69) is 15.8 Å². The molecule has 0 aromatic heterocycles. The van der Waals surface area contributed by atoms with Gasteiger partial charge in [0.15, 0.2) is 0 Å². The van der Waals surface area contributed by atoms with E-state index >= 15 is 0 Å². The van der Waals surface area contributed by atoms with E-state index in [-0.39, 0.29) is 12.5 Å². The molecule has 1 amide bonds. The van der Waals surface area contributed by atoms with Crippen LogP contribution in [0.3, 0.4) is 0 Å². The van der Waals surface area contributed by atoms with Crippen LogP contribution in [-0.4, -0.2) is 18.7 Å². The maximum Gasteiger partial charge on any atom is 0.259 e. The molecule has 6 heteroatoms. The molecule has 0 heterocycles. The molecular formula is C22H20ClN3O2. The average molecular weight is 394 g/mol. The monoisotopic (exact) mass is 393 g/mol. The lowest BCUT2D eigenvalue weighted by Gasteiger charge is -2.07. The van der Waals surface area contributed by atoms with E-state index in [1.165, 1.54) is 0 Å². The minimum atomic E-state index is -0.265. The summed E-state index contributed by atoms with van der Waals surface area (Å²) in [6.07, 6.45) is 1.58. The molecule has 0 saturated heterocycles. The Balaban J connectivity index is 1.42. The summed E-state index contributed by atoms with van der Waals surface area (Å²) >= 11 is 6.03. The third-order valence-electron chi connectivity index (χ3n) is 3.84. The minimum Gasteiger partial charge on any atom is -0.489 e. The van der Waals surface area contributed by atoms with Gasteiger partial charge >= 0.3 is 0 Å². The summed E-state index contributed by atoms with van der Waals surface area (Å²) in [6.45, 7) is 0.593. The van der Waals surface area contributed by atoms with Crippen LogP contribution in [0.2, 0.25) is 5.02 Å². The molecule has 5 nitrogen and oxygen atoms in total. The number of anilines is 1. The fourth-order valence-electron chi connectivity index (χ4n) is 2.39. The minimum absolute atomic E-state index is 0.0767. The number of rotatable bonds is 8. The van der Waals surface area contributed by atoms with Crippen molar-refractivity contribution >= 4 is 29.4 Å². The van der Waals surface area contributed by atoms with Crippen LogP contribution in [0.1, 0.15) is 11.1 Å². The number of nitrogens with one attached hydrogen (secondary N) is 2. The van der Waals surface area contributed by atoms with Crippen molar-refractivity contribution in [2.75, 3.05) is 11.9 Å². The Hall–Kier alpha value is -3.31. The summed E-state index contributed by atoms with van der Waals surface area (Å²) in [5.41, 5.74) is 5.14. The van der Waals surface area contributed by atoms with Gasteiger partial charge in [0.25, 0.3) is 5.91 Å². The Bertz CT molecular complexity index is 928. The molecular weight excluding hydrogens is 374 g/mol. The standard InChI is InChI=1S/C22H20ClN3O2/c23-20-8-4-5-9-21(20)24-15-22(27)26-25-14-17-10-12-19(13-11-17)28-16-18-6-2-1-3-7-18/h1-14,24H,15-16H2,(H,26,27). The first-order valence-corrected chi connectivity index (χ1v) is 9.15. The Labute approximate surface area is 169 Å². The van der Waals surface area contributed by atoms with E-state index in [1.54, 1.807) is 18.3 Å². The Morgan fingerprint density at radius 1 is 0.964 bits per heavy atom. The predicted octanol–water partition coefficient (Wildman–Crippen LogP) is 4.48. The zero-order valence-electron chi connectivity index (χ0n) is 15.1. The highest BCUT2D eigenvalue weighted by molar-refractivity contribution is 6.33. The summed E-state index contributed by atoms with van der Waals surface area (Å²) in [5.74, 6) is 0.507. The number of ether oxygens (including phenoxy) is 1. The molecule has 0 fully saturated rings. The third kappa shape index (κ3) is 6.14. The van der Waals surface area contributed by atoms with Crippen LogP contribution >= 0.6 is 11.6 Å². The van der Waals surface area contributed by atoms with Gasteiger partial charge in [-0.25, -0.2) is 5.43 Å². The van der Waals surface area contributed by atoms with Crippen molar-refractivity contribution in [3.63, 3.8) is 0 Å². The maximum absolute atomic E-state index is 11.8. The SMILES string of the molecule is O=C(CNc1ccccc1Cl)NN=Cc1ccc(OCc2ccccc2)cc1. The molecule has 28 heavy (non-hydrogen) atoms. The smallest absolute Gasteiger partial charge is 0.259 e. The number of carbonyl (C=O) groups excluding carboxylic acids is 1. The molecule has 3 aromatic carbocycles. The number of benzene rings is 3. The van der Waals surface area contributed by atoms with Gasteiger partial charge in [-0.15, -0.1) is 0 Å². The molecule has 0 unspecified atom stereocenters. The predicted molar refractivity (Wildman–Crippen MR) is 113 cm³/mol. The van der Waals surface area contributed by atoms with Crippen molar-refractivity contribution < 1.29 is 9.53 Å². The lowest BCUT2D eigenvalue weighted by Crippen LogP contribution is -2.25. The van der Waals surface area contributed by atoms with Crippen LogP contribution in [0.25, 0.3) is 0 Å². The summed E-state index contributed by atoms with van der Waals surface area (Å²) in [4.78, 5) is 11.8. The van der Waals surface area contributed by atoms with Crippen LogP contribution < -0.4 is 15.5 Å². The Kier molecular flexibility index (Phi) is 7.04. The number of carbonyl (C=O) groups is 1. The number of hydrogen-bond acceptors (Lipinski definition) is 4. The fraction of sp³-hybridized carbons (Fsp3) is 0.0909. The van der Waals surface area contributed by atoms with Crippen molar-refractivity contribution in [3.05, 3.63) is 95.0 Å². The molecule has 0 aliphatic heterocycles. The van der Waals surface area contributed by atoms with Crippen molar-refractivity contribution in [2.45, 2.75) is 6.61 Å². The van der Waals surface area contributed by atoms with Gasteiger partial charge in [-0.3, -0.25) is 4.79 Å². The van der Waals surface area contributed by atoms with Crippen molar-refractivity contribution in [1.29, 1.82) is 0 Å². The molecule has 0 saturated carbocycles. The second-order valence-corrected chi connectivity index (χ2v) is 6.38. The van der Waals surface area contributed by atoms with Crippen molar-refractivity contribution in [3.8, 4) is 5.75 Å². The zero-order valence-corrected chi connectivity index (χ0v) is 15.9. The largest absolute Gasteiger partial charge is 0.489 e. The number of amides is 1. The highest BCUT2D eigenvalue weighted by Crippen LogP contribution is 2.19. The molecule has 0 aliphatic rings. The van der Waals surface area contributed by atoms with Gasteiger partial charge in [-0.1, -0.05) is 54.1 Å². The topological polar surface area (TPSA) is 62.7 Å². The Morgan fingerprint density at radius 3 is 2.43 bits per heavy atom.